The Bertz CT molecular complexity index is 696. The Kier molecular flexibility index (Phi) is 5.24. The molecular formula is C15H18BrNO3S. The Balaban J connectivity index is 2.01. The molecule has 1 N–H and O–H groups in total. The van der Waals surface area contributed by atoms with Crippen LogP contribution in [-0.4, -0.2) is 14.5 Å². The van der Waals surface area contributed by atoms with Crippen molar-refractivity contribution < 1.29 is 12.8 Å². The maximum Gasteiger partial charge on any atom is 0.240 e. The van der Waals surface area contributed by atoms with Crippen LogP contribution in [0.5, 0.6) is 0 Å². The molecule has 0 amide bonds. The van der Waals surface area contributed by atoms with E-state index in [2.05, 4.69) is 20.7 Å². The van der Waals surface area contributed by atoms with Crippen molar-refractivity contribution in [1.82, 2.24) is 4.72 Å². The molecule has 1 unspecified atom stereocenters. The van der Waals surface area contributed by atoms with Crippen molar-refractivity contribution in [2.75, 3.05) is 0 Å². The first-order chi connectivity index (χ1) is 9.88. The van der Waals surface area contributed by atoms with E-state index in [1.807, 2.05) is 26.0 Å². The molecule has 1 aromatic heterocycles. The number of halogens is 1. The minimum absolute atomic E-state index is 0.163. The van der Waals surface area contributed by atoms with Crippen molar-refractivity contribution in [3.63, 3.8) is 0 Å². The second-order valence-electron chi connectivity index (χ2n) is 5.05. The molecule has 21 heavy (non-hydrogen) atoms. The van der Waals surface area contributed by atoms with E-state index in [-0.39, 0.29) is 10.9 Å². The Morgan fingerprint density at radius 1 is 1.33 bits per heavy atom. The summed E-state index contributed by atoms with van der Waals surface area (Å²) in [6.45, 7) is 3.72. The van der Waals surface area contributed by atoms with Gasteiger partial charge < -0.3 is 4.42 Å². The van der Waals surface area contributed by atoms with Crippen LogP contribution in [0.25, 0.3) is 0 Å². The lowest BCUT2D eigenvalue weighted by Gasteiger charge is -2.14. The summed E-state index contributed by atoms with van der Waals surface area (Å²) in [6.07, 6.45) is 3.01. The quantitative estimate of drug-likeness (QED) is 0.842. The molecule has 1 atom stereocenters. The van der Waals surface area contributed by atoms with Crippen molar-refractivity contribution in [2.24, 2.45) is 0 Å². The van der Waals surface area contributed by atoms with E-state index >= 15 is 0 Å². The Morgan fingerprint density at radius 3 is 2.71 bits per heavy atom. The molecule has 114 valence electrons. The number of nitrogens with one attached hydrogen (secondary N) is 1. The van der Waals surface area contributed by atoms with E-state index in [1.54, 1.807) is 24.5 Å². The Morgan fingerprint density at radius 2 is 2.10 bits per heavy atom. The lowest BCUT2D eigenvalue weighted by atomic mass is 10.2. The fourth-order valence-electron chi connectivity index (χ4n) is 1.99. The second-order valence-corrected chi connectivity index (χ2v) is 7.62. The van der Waals surface area contributed by atoms with Crippen LogP contribution in [0.3, 0.4) is 0 Å². The summed E-state index contributed by atoms with van der Waals surface area (Å²) in [5.41, 5.74) is 0.890. The standard InChI is InChI=1S/C15H18BrNO3S/c1-11-10-14(7-8-15(11)16)21(18,19)17-12(2)5-6-13-4-3-9-20-13/h3-4,7-10,12,17H,5-6H2,1-2H3. The SMILES string of the molecule is Cc1cc(S(=O)(=O)NC(C)CCc2ccco2)ccc1Br. The molecule has 0 saturated heterocycles. The maximum atomic E-state index is 12.3. The molecule has 0 aliphatic carbocycles. The van der Waals surface area contributed by atoms with Gasteiger partial charge in [-0.3, -0.25) is 0 Å². The van der Waals surface area contributed by atoms with Crippen molar-refractivity contribution >= 4 is 26.0 Å². The fraction of sp³-hybridized carbons (Fsp3) is 0.333. The molecule has 0 radical (unpaired) electrons. The highest BCUT2D eigenvalue weighted by atomic mass is 79.9. The summed E-state index contributed by atoms with van der Waals surface area (Å²) in [5.74, 6) is 0.862. The smallest absolute Gasteiger partial charge is 0.240 e. The van der Waals surface area contributed by atoms with Gasteiger partial charge in [0.25, 0.3) is 0 Å². The molecule has 0 aliphatic heterocycles. The van der Waals surface area contributed by atoms with Crippen LogP contribution >= 0.6 is 15.9 Å². The van der Waals surface area contributed by atoms with Crippen LogP contribution in [0.2, 0.25) is 0 Å². The topological polar surface area (TPSA) is 59.3 Å². The number of hydrogen-bond donors (Lipinski definition) is 1. The molecule has 0 fully saturated rings. The van der Waals surface area contributed by atoms with Crippen molar-refractivity contribution in [1.29, 1.82) is 0 Å². The van der Waals surface area contributed by atoms with Crippen LogP contribution in [0.15, 0.2) is 50.4 Å². The van der Waals surface area contributed by atoms with Gasteiger partial charge in [-0.25, -0.2) is 13.1 Å². The Hall–Kier alpha value is -1.11. The fourth-order valence-corrected chi connectivity index (χ4v) is 3.60. The third-order valence-corrected chi connectivity index (χ3v) is 5.68. The number of sulfonamides is 1. The van der Waals surface area contributed by atoms with Crippen molar-refractivity contribution in [3.05, 3.63) is 52.4 Å². The van der Waals surface area contributed by atoms with Crippen molar-refractivity contribution in [2.45, 2.75) is 37.6 Å². The highest BCUT2D eigenvalue weighted by Crippen LogP contribution is 2.20. The van der Waals surface area contributed by atoms with Gasteiger partial charge in [0.1, 0.15) is 5.76 Å². The predicted octanol–water partition coefficient (Wildman–Crippen LogP) is 3.65. The normalized spacial score (nSPS) is 13.3. The summed E-state index contributed by atoms with van der Waals surface area (Å²) in [4.78, 5) is 0.285. The lowest BCUT2D eigenvalue weighted by Crippen LogP contribution is -2.33. The number of rotatable bonds is 6. The van der Waals surface area contributed by atoms with Gasteiger partial charge in [0.2, 0.25) is 10.0 Å². The minimum Gasteiger partial charge on any atom is -0.469 e. The van der Waals surface area contributed by atoms with Gasteiger partial charge >= 0.3 is 0 Å². The van der Waals surface area contributed by atoms with E-state index in [4.69, 9.17) is 4.42 Å². The first kappa shape index (κ1) is 16.3. The molecule has 0 spiro atoms. The van der Waals surface area contributed by atoms with Gasteiger partial charge in [0, 0.05) is 16.9 Å². The van der Waals surface area contributed by atoms with Gasteiger partial charge in [0.15, 0.2) is 0 Å². The maximum absolute atomic E-state index is 12.3. The highest BCUT2D eigenvalue weighted by Gasteiger charge is 2.18. The summed E-state index contributed by atoms with van der Waals surface area (Å²) in [6, 6.07) is 8.56. The second kappa shape index (κ2) is 6.77. The average molecular weight is 372 g/mol. The van der Waals surface area contributed by atoms with E-state index in [0.29, 0.717) is 12.8 Å². The first-order valence-electron chi connectivity index (χ1n) is 6.69. The molecule has 0 bridgehead atoms. The van der Waals surface area contributed by atoms with Crippen LogP contribution < -0.4 is 4.72 Å². The molecule has 1 aromatic carbocycles. The molecule has 4 nitrogen and oxygen atoms in total. The molecule has 6 heteroatoms. The van der Waals surface area contributed by atoms with Gasteiger partial charge in [-0.1, -0.05) is 15.9 Å². The average Bonchev–Trinajstić information content (AvgIpc) is 2.92. The van der Waals surface area contributed by atoms with E-state index < -0.39 is 10.0 Å². The van der Waals surface area contributed by atoms with Crippen LogP contribution in [-0.2, 0) is 16.4 Å². The zero-order chi connectivity index (χ0) is 15.5. The first-order valence-corrected chi connectivity index (χ1v) is 8.97. The van der Waals surface area contributed by atoms with E-state index in [0.717, 1.165) is 15.8 Å². The summed E-state index contributed by atoms with van der Waals surface area (Å²) in [5, 5.41) is 0. The highest BCUT2D eigenvalue weighted by molar-refractivity contribution is 9.10. The summed E-state index contributed by atoms with van der Waals surface area (Å²) < 4.78 is 33.5. The van der Waals surface area contributed by atoms with Crippen molar-refractivity contribution in [3.8, 4) is 0 Å². The zero-order valence-electron chi connectivity index (χ0n) is 12.0. The third kappa shape index (κ3) is 4.43. The molecule has 2 rings (SSSR count). The van der Waals surface area contributed by atoms with Crippen LogP contribution in [0, 0.1) is 6.92 Å². The zero-order valence-corrected chi connectivity index (χ0v) is 14.4. The van der Waals surface area contributed by atoms with Crippen LogP contribution in [0.4, 0.5) is 0 Å². The molecule has 0 aliphatic rings. The Labute approximate surface area is 133 Å². The van der Waals surface area contributed by atoms with E-state index in [9.17, 15) is 8.42 Å². The molecule has 2 aromatic rings. The minimum atomic E-state index is -3.49. The predicted molar refractivity (Wildman–Crippen MR) is 85.7 cm³/mol. The monoisotopic (exact) mass is 371 g/mol. The van der Waals surface area contributed by atoms with Gasteiger partial charge in [-0.2, -0.15) is 0 Å². The molecular weight excluding hydrogens is 354 g/mol. The van der Waals surface area contributed by atoms with Gasteiger partial charge in [0.05, 0.1) is 11.2 Å². The molecule has 0 saturated carbocycles. The summed E-state index contributed by atoms with van der Waals surface area (Å²) in [7, 11) is -3.49. The number of hydrogen-bond acceptors (Lipinski definition) is 3. The van der Waals surface area contributed by atoms with Gasteiger partial charge in [-0.05, 0) is 56.2 Å². The number of benzene rings is 1. The van der Waals surface area contributed by atoms with Crippen LogP contribution in [0.1, 0.15) is 24.7 Å². The largest absolute Gasteiger partial charge is 0.469 e. The summed E-state index contributed by atoms with van der Waals surface area (Å²) >= 11 is 3.37. The van der Waals surface area contributed by atoms with Gasteiger partial charge in [-0.15, -0.1) is 0 Å². The van der Waals surface area contributed by atoms with E-state index in [1.165, 1.54) is 0 Å². The number of aryl methyl sites for hydroxylation is 2. The molecule has 1 heterocycles. The third-order valence-electron chi connectivity index (χ3n) is 3.20. The lowest BCUT2D eigenvalue weighted by molar-refractivity contribution is 0.480. The number of furan rings is 1.